The predicted molar refractivity (Wildman–Crippen MR) is 110 cm³/mol. The number of ether oxygens (including phenoxy) is 2. The van der Waals surface area contributed by atoms with Crippen molar-refractivity contribution in [1.82, 2.24) is 0 Å². The number of benzene rings is 3. The number of hydrogen-bond acceptors (Lipinski definition) is 4. The van der Waals surface area contributed by atoms with E-state index in [0.717, 1.165) is 29.3 Å². The van der Waals surface area contributed by atoms with E-state index in [9.17, 15) is 0 Å². The lowest BCUT2D eigenvalue weighted by atomic mass is 9.99. The molecule has 0 saturated carbocycles. The van der Waals surface area contributed by atoms with Gasteiger partial charge in [0.25, 0.3) is 0 Å². The van der Waals surface area contributed by atoms with Gasteiger partial charge in [0.05, 0.1) is 5.69 Å². The van der Waals surface area contributed by atoms with Crippen LogP contribution in [-0.2, 0) is 0 Å². The first kappa shape index (κ1) is 16.5. The fourth-order valence-corrected chi connectivity index (χ4v) is 4.77. The first-order chi connectivity index (χ1) is 13.3. The highest BCUT2D eigenvalue weighted by atomic mass is 32.2. The van der Waals surface area contributed by atoms with Crippen LogP contribution in [-0.4, -0.2) is 12.5 Å². The molecule has 0 spiro atoms. The van der Waals surface area contributed by atoms with E-state index >= 15 is 0 Å². The third kappa shape index (κ3) is 3.10. The highest BCUT2D eigenvalue weighted by Crippen LogP contribution is 2.50. The quantitative estimate of drug-likeness (QED) is 0.545. The summed E-state index contributed by atoms with van der Waals surface area (Å²) in [5.41, 5.74) is 5.74. The third-order valence-corrected chi connectivity index (χ3v) is 6.23. The maximum atomic E-state index is 5.79. The van der Waals surface area contributed by atoms with Crippen LogP contribution in [0.2, 0.25) is 0 Å². The third-order valence-electron chi connectivity index (χ3n) is 4.93. The molecule has 0 N–H and O–H groups in total. The molecule has 0 radical (unpaired) electrons. The standard InChI is InChI=1S/C23H19NO2S/c1-15-9-11-16(12-10-15)19-13-22(27-21-8-3-2-6-18(21)24-19)17-5-4-7-20-23(17)26-14-25-20/h2-12,22H,13-14H2,1H3/t22-/m1/s1. The average molecular weight is 373 g/mol. The number of nitrogens with zero attached hydrogens (tertiary/aromatic N) is 1. The fourth-order valence-electron chi connectivity index (χ4n) is 3.52. The van der Waals surface area contributed by atoms with Crippen LogP contribution < -0.4 is 9.47 Å². The van der Waals surface area contributed by atoms with Gasteiger partial charge in [0.2, 0.25) is 6.79 Å². The second-order valence-electron chi connectivity index (χ2n) is 6.78. The highest BCUT2D eigenvalue weighted by Gasteiger charge is 2.28. The van der Waals surface area contributed by atoms with Crippen molar-refractivity contribution in [2.24, 2.45) is 4.99 Å². The van der Waals surface area contributed by atoms with Gasteiger partial charge in [-0.2, -0.15) is 0 Å². The Kier molecular flexibility index (Phi) is 4.13. The largest absolute Gasteiger partial charge is 0.454 e. The lowest BCUT2D eigenvalue weighted by Crippen LogP contribution is -2.06. The van der Waals surface area contributed by atoms with E-state index in [1.807, 2.05) is 30.0 Å². The minimum Gasteiger partial charge on any atom is -0.454 e. The van der Waals surface area contributed by atoms with E-state index in [-0.39, 0.29) is 5.25 Å². The van der Waals surface area contributed by atoms with E-state index < -0.39 is 0 Å². The first-order valence-corrected chi connectivity index (χ1v) is 9.95. The minimum absolute atomic E-state index is 0.213. The second kappa shape index (κ2) is 6.78. The number of aliphatic imine (C=N–C) groups is 1. The molecule has 134 valence electrons. The van der Waals surface area contributed by atoms with Crippen LogP contribution in [0.4, 0.5) is 5.69 Å². The van der Waals surface area contributed by atoms with Gasteiger partial charge in [-0.1, -0.05) is 54.1 Å². The fraction of sp³-hybridized carbons (Fsp3) is 0.174. The Bertz CT molecular complexity index is 1030. The van der Waals surface area contributed by atoms with Crippen molar-refractivity contribution < 1.29 is 9.47 Å². The van der Waals surface area contributed by atoms with Crippen molar-refractivity contribution in [2.75, 3.05) is 6.79 Å². The lowest BCUT2D eigenvalue weighted by Gasteiger charge is -2.18. The van der Waals surface area contributed by atoms with Gasteiger partial charge in [0, 0.05) is 27.8 Å². The number of rotatable bonds is 2. The summed E-state index contributed by atoms with van der Waals surface area (Å²) >= 11 is 1.85. The molecule has 27 heavy (non-hydrogen) atoms. The summed E-state index contributed by atoms with van der Waals surface area (Å²) in [5, 5.41) is 0.213. The molecule has 2 aliphatic rings. The van der Waals surface area contributed by atoms with Gasteiger partial charge in [0.1, 0.15) is 0 Å². The normalized spacial score (nSPS) is 17.8. The topological polar surface area (TPSA) is 30.8 Å². The second-order valence-corrected chi connectivity index (χ2v) is 8.03. The zero-order valence-corrected chi connectivity index (χ0v) is 15.8. The molecular weight excluding hydrogens is 354 g/mol. The van der Waals surface area contributed by atoms with E-state index in [1.165, 1.54) is 21.6 Å². The molecular formula is C23H19NO2S. The van der Waals surface area contributed by atoms with Crippen LogP contribution in [0.3, 0.4) is 0 Å². The van der Waals surface area contributed by atoms with Crippen molar-refractivity contribution >= 4 is 23.2 Å². The van der Waals surface area contributed by atoms with Crippen molar-refractivity contribution in [2.45, 2.75) is 23.5 Å². The number of fused-ring (bicyclic) bond motifs is 2. The number of hydrogen-bond donors (Lipinski definition) is 0. The molecule has 0 fully saturated rings. The molecule has 0 saturated heterocycles. The Morgan fingerprint density at radius 3 is 2.67 bits per heavy atom. The highest BCUT2D eigenvalue weighted by molar-refractivity contribution is 7.99. The maximum Gasteiger partial charge on any atom is 0.231 e. The lowest BCUT2D eigenvalue weighted by molar-refractivity contribution is 0.173. The molecule has 0 amide bonds. The number of para-hydroxylation sites is 2. The molecule has 2 aliphatic heterocycles. The molecule has 3 nitrogen and oxygen atoms in total. The molecule has 2 heterocycles. The van der Waals surface area contributed by atoms with Gasteiger partial charge in [-0.15, -0.1) is 11.8 Å². The molecule has 3 aromatic rings. The Labute approximate surface area is 163 Å². The molecule has 3 aromatic carbocycles. The van der Waals surface area contributed by atoms with E-state index in [1.54, 1.807) is 0 Å². The molecule has 5 rings (SSSR count). The summed E-state index contributed by atoms with van der Waals surface area (Å²) in [6.45, 7) is 2.40. The van der Waals surface area contributed by atoms with Gasteiger partial charge < -0.3 is 9.47 Å². The minimum atomic E-state index is 0.213. The van der Waals surface area contributed by atoms with E-state index in [0.29, 0.717) is 6.79 Å². The monoisotopic (exact) mass is 373 g/mol. The average Bonchev–Trinajstić information content (AvgIpc) is 3.09. The van der Waals surface area contributed by atoms with Gasteiger partial charge in [-0.3, -0.25) is 4.99 Å². The van der Waals surface area contributed by atoms with Crippen LogP contribution in [0.15, 0.2) is 76.6 Å². The Hall–Kier alpha value is -2.72. The molecule has 1 atom stereocenters. The molecule has 0 bridgehead atoms. The number of thioether (sulfide) groups is 1. The smallest absolute Gasteiger partial charge is 0.231 e. The SMILES string of the molecule is Cc1ccc(C2=Nc3ccccc3S[C@@H](c3cccc4c3OCO4)C2)cc1. The van der Waals surface area contributed by atoms with E-state index in [4.69, 9.17) is 14.5 Å². The first-order valence-electron chi connectivity index (χ1n) is 9.07. The Morgan fingerprint density at radius 2 is 1.78 bits per heavy atom. The van der Waals surface area contributed by atoms with Crippen molar-refractivity contribution in [3.8, 4) is 11.5 Å². The summed E-state index contributed by atoms with van der Waals surface area (Å²) < 4.78 is 11.4. The van der Waals surface area contributed by atoms with Crippen LogP contribution >= 0.6 is 11.8 Å². The summed E-state index contributed by atoms with van der Waals surface area (Å²) in [5.74, 6) is 1.71. The molecule has 0 aromatic heterocycles. The number of aryl methyl sites for hydroxylation is 1. The van der Waals surface area contributed by atoms with Gasteiger partial charge in [-0.25, -0.2) is 0 Å². The zero-order chi connectivity index (χ0) is 18.2. The van der Waals surface area contributed by atoms with Gasteiger partial charge >= 0.3 is 0 Å². The summed E-state index contributed by atoms with van der Waals surface area (Å²) in [6.07, 6.45) is 0.836. The Morgan fingerprint density at radius 1 is 0.926 bits per heavy atom. The van der Waals surface area contributed by atoms with E-state index in [2.05, 4.69) is 55.5 Å². The van der Waals surface area contributed by atoms with Crippen molar-refractivity contribution in [3.63, 3.8) is 0 Å². The predicted octanol–water partition coefficient (Wildman–Crippen LogP) is 6.08. The summed E-state index contributed by atoms with van der Waals surface area (Å²) in [4.78, 5) is 6.23. The summed E-state index contributed by atoms with van der Waals surface area (Å²) in [6, 6.07) is 23.1. The molecule has 0 unspecified atom stereocenters. The van der Waals surface area contributed by atoms with Gasteiger partial charge in [-0.05, 0) is 30.7 Å². The molecule has 4 heteroatoms. The summed E-state index contributed by atoms with van der Waals surface area (Å²) in [7, 11) is 0. The van der Waals surface area contributed by atoms with Gasteiger partial charge in [0.15, 0.2) is 11.5 Å². The molecule has 0 aliphatic carbocycles. The van der Waals surface area contributed by atoms with Crippen LogP contribution in [0, 0.1) is 6.92 Å². The van der Waals surface area contributed by atoms with Crippen LogP contribution in [0.1, 0.15) is 28.4 Å². The Balaban J connectivity index is 1.62. The van der Waals surface area contributed by atoms with Crippen molar-refractivity contribution in [1.29, 1.82) is 0 Å². The zero-order valence-electron chi connectivity index (χ0n) is 15.0. The van der Waals surface area contributed by atoms with Crippen molar-refractivity contribution in [3.05, 3.63) is 83.4 Å². The maximum absolute atomic E-state index is 5.79. The van der Waals surface area contributed by atoms with Crippen LogP contribution in [0.5, 0.6) is 11.5 Å². The van der Waals surface area contributed by atoms with Crippen LogP contribution in [0.25, 0.3) is 0 Å².